The smallest absolute Gasteiger partial charge is 0.0594 e. The normalized spacial score (nSPS) is 14.3. The Bertz CT molecular complexity index is 910. The van der Waals surface area contributed by atoms with Crippen LogP contribution in [0.4, 0.5) is 0 Å². The number of rotatable bonds is 8. The summed E-state index contributed by atoms with van der Waals surface area (Å²) in [4.78, 5) is 2.49. The van der Waals surface area contributed by atoms with Crippen LogP contribution in [0.2, 0.25) is 5.02 Å². The Morgan fingerprint density at radius 3 is 2.47 bits per heavy atom. The topological polar surface area (TPSA) is 29.4 Å². The average molecular weight is 471 g/mol. The van der Waals surface area contributed by atoms with E-state index in [0.29, 0.717) is 0 Å². The van der Waals surface area contributed by atoms with Crippen LogP contribution in [0.5, 0.6) is 0 Å². The number of nitrogens with zero attached hydrogens (tertiary/aromatic N) is 2. The lowest BCUT2D eigenvalue weighted by molar-refractivity contribution is 0.0374. The molecule has 1 aromatic heterocycles. The molecule has 0 aliphatic carbocycles. The predicted octanol–water partition coefficient (Wildman–Crippen LogP) is 5.00. The summed E-state index contributed by atoms with van der Waals surface area (Å²) in [5, 5.41) is 5.76. The Labute approximate surface area is 196 Å². The van der Waals surface area contributed by atoms with Crippen LogP contribution in [0.15, 0.2) is 54.7 Å². The van der Waals surface area contributed by atoms with Crippen LogP contribution in [-0.4, -0.2) is 48.9 Å². The number of ether oxygens (including phenoxy) is 1. The maximum absolute atomic E-state index is 6.38. The fourth-order valence-corrected chi connectivity index (χ4v) is 4.08. The molecule has 0 radical (unpaired) electrons. The zero-order valence-electron chi connectivity index (χ0n) is 17.1. The predicted molar refractivity (Wildman–Crippen MR) is 131 cm³/mol. The first-order valence-electron chi connectivity index (χ1n) is 10.1. The first-order valence-corrected chi connectivity index (χ1v) is 10.5. The molecule has 1 aliphatic rings. The standard InChI is InChI=1S/C23H28ClN3O.2ClH/c24-22-8-3-1-6-19(22)17-27-18-20(21-7-2-4-9-23(21)27)16-25-10-5-11-26-12-14-28-15-13-26;;/h1-4,6-9,18,25H,5,10-17H2;2*1H. The van der Waals surface area contributed by atoms with Crippen LogP contribution in [-0.2, 0) is 17.8 Å². The van der Waals surface area contributed by atoms with E-state index in [1.54, 1.807) is 0 Å². The molecule has 0 atom stereocenters. The molecule has 0 saturated carbocycles. The number of morpholine rings is 1. The highest BCUT2D eigenvalue weighted by atomic mass is 35.5. The Kier molecular flexibility index (Phi) is 10.5. The maximum atomic E-state index is 6.38. The van der Waals surface area contributed by atoms with E-state index in [0.717, 1.165) is 69.5 Å². The molecule has 1 fully saturated rings. The van der Waals surface area contributed by atoms with Crippen molar-refractivity contribution in [3.05, 3.63) is 70.9 Å². The molecule has 0 unspecified atom stereocenters. The fourth-order valence-electron chi connectivity index (χ4n) is 3.88. The summed E-state index contributed by atoms with van der Waals surface area (Å²) in [5.41, 5.74) is 3.75. The van der Waals surface area contributed by atoms with Gasteiger partial charge in [0.15, 0.2) is 0 Å². The number of hydrogen-bond acceptors (Lipinski definition) is 3. The maximum Gasteiger partial charge on any atom is 0.0594 e. The molecule has 4 nitrogen and oxygen atoms in total. The molecule has 0 amide bonds. The van der Waals surface area contributed by atoms with Gasteiger partial charge >= 0.3 is 0 Å². The second-order valence-electron chi connectivity index (χ2n) is 7.38. The van der Waals surface area contributed by atoms with E-state index in [9.17, 15) is 0 Å². The molecule has 30 heavy (non-hydrogen) atoms. The summed E-state index contributed by atoms with van der Waals surface area (Å²) < 4.78 is 7.72. The van der Waals surface area contributed by atoms with Gasteiger partial charge in [0.05, 0.1) is 13.2 Å². The number of halogens is 3. The summed E-state index contributed by atoms with van der Waals surface area (Å²) in [5.74, 6) is 0. The molecule has 3 aromatic rings. The molecule has 0 spiro atoms. The summed E-state index contributed by atoms with van der Waals surface area (Å²) in [6.45, 7) is 7.73. The van der Waals surface area contributed by atoms with Gasteiger partial charge in [0, 0.05) is 48.3 Å². The lowest BCUT2D eigenvalue weighted by atomic mass is 10.2. The highest BCUT2D eigenvalue weighted by Gasteiger charge is 2.11. The Hall–Kier alpha value is -1.27. The average Bonchev–Trinajstić information content (AvgIpc) is 3.08. The molecule has 1 saturated heterocycles. The molecular weight excluding hydrogens is 441 g/mol. The van der Waals surface area contributed by atoms with Crippen molar-refractivity contribution in [2.24, 2.45) is 0 Å². The number of fused-ring (bicyclic) bond motifs is 1. The van der Waals surface area contributed by atoms with Crippen LogP contribution in [0.3, 0.4) is 0 Å². The summed E-state index contributed by atoms with van der Waals surface area (Å²) in [7, 11) is 0. The molecular formula is C23H30Cl3N3O. The minimum atomic E-state index is 0. The second-order valence-corrected chi connectivity index (χ2v) is 7.78. The van der Waals surface area contributed by atoms with E-state index in [1.807, 2.05) is 18.2 Å². The van der Waals surface area contributed by atoms with Crippen molar-refractivity contribution in [3.63, 3.8) is 0 Å². The number of aromatic nitrogens is 1. The van der Waals surface area contributed by atoms with Gasteiger partial charge < -0.3 is 14.6 Å². The number of hydrogen-bond donors (Lipinski definition) is 1. The van der Waals surface area contributed by atoms with Crippen molar-refractivity contribution in [3.8, 4) is 0 Å². The van der Waals surface area contributed by atoms with Gasteiger partial charge in [-0.1, -0.05) is 48.0 Å². The lowest BCUT2D eigenvalue weighted by Gasteiger charge is -2.26. The summed E-state index contributed by atoms with van der Waals surface area (Å²) in [6.07, 6.45) is 3.43. The van der Waals surface area contributed by atoms with Gasteiger partial charge in [-0.15, -0.1) is 24.8 Å². The van der Waals surface area contributed by atoms with E-state index in [4.69, 9.17) is 16.3 Å². The van der Waals surface area contributed by atoms with Crippen LogP contribution in [0.1, 0.15) is 17.5 Å². The molecule has 164 valence electrons. The highest BCUT2D eigenvalue weighted by Crippen LogP contribution is 2.24. The summed E-state index contributed by atoms with van der Waals surface area (Å²) >= 11 is 6.38. The monoisotopic (exact) mass is 469 g/mol. The van der Waals surface area contributed by atoms with Gasteiger partial charge in [0.1, 0.15) is 0 Å². The first-order chi connectivity index (χ1) is 13.8. The number of benzene rings is 2. The van der Waals surface area contributed by atoms with E-state index in [1.165, 1.54) is 16.5 Å². The lowest BCUT2D eigenvalue weighted by Crippen LogP contribution is -2.37. The largest absolute Gasteiger partial charge is 0.379 e. The van der Waals surface area contributed by atoms with Crippen molar-refractivity contribution >= 4 is 47.3 Å². The Morgan fingerprint density at radius 1 is 0.933 bits per heavy atom. The van der Waals surface area contributed by atoms with E-state index >= 15 is 0 Å². The van der Waals surface area contributed by atoms with Gasteiger partial charge in [0.25, 0.3) is 0 Å². The third-order valence-corrected chi connectivity index (χ3v) is 5.79. The van der Waals surface area contributed by atoms with E-state index in [2.05, 4.69) is 51.3 Å². The minimum absolute atomic E-state index is 0. The Morgan fingerprint density at radius 2 is 1.67 bits per heavy atom. The quantitative estimate of drug-likeness (QED) is 0.470. The van der Waals surface area contributed by atoms with Crippen LogP contribution in [0.25, 0.3) is 10.9 Å². The highest BCUT2D eigenvalue weighted by molar-refractivity contribution is 6.31. The van der Waals surface area contributed by atoms with Crippen LogP contribution < -0.4 is 5.32 Å². The van der Waals surface area contributed by atoms with Crippen molar-refractivity contribution in [2.45, 2.75) is 19.5 Å². The summed E-state index contributed by atoms with van der Waals surface area (Å²) in [6, 6.07) is 16.7. The zero-order chi connectivity index (χ0) is 19.2. The fraction of sp³-hybridized carbons (Fsp3) is 0.391. The number of nitrogens with one attached hydrogen (secondary N) is 1. The molecule has 0 bridgehead atoms. The van der Waals surface area contributed by atoms with Gasteiger partial charge in [-0.25, -0.2) is 0 Å². The third-order valence-electron chi connectivity index (χ3n) is 5.42. The second kappa shape index (κ2) is 12.6. The van der Waals surface area contributed by atoms with Crippen molar-refractivity contribution in [1.82, 2.24) is 14.8 Å². The van der Waals surface area contributed by atoms with Gasteiger partial charge in [-0.05, 0) is 42.8 Å². The van der Waals surface area contributed by atoms with Gasteiger partial charge in [0.2, 0.25) is 0 Å². The molecule has 1 N–H and O–H groups in total. The van der Waals surface area contributed by atoms with Crippen LogP contribution >= 0.6 is 36.4 Å². The van der Waals surface area contributed by atoms with E-state index in [-0.39, 0.29) is 24.8 Å². The third kappa shape index (κ3) is 6.36. The molecule has 2 heterocycles. The molecule has 1 aliphatic heterocycles. The zero-order valence-corrected chi connectivity index (χ0v) is 19.4. The molecule has 7 heteroatoms. The Balaban J connectivity index is 0.00000160. The van der Waals surface area contributed by atoms with Crippen molar-refractivity contribution in [1.29, 1.82) is 0 Å². The van der Waals surface area contributed by atoms with Crippen molar-refractivity contribution < 1.29 is 4.74 Å². The SMILES string of the molecule is Cl.Cl.Clc1ccccc1Cn1cc(CNCCCN2CCOCC2)c2ccccc21. The van der Waals surface area contributed by atoms with Gasteiger partial charge in [-0.2, -0.15) is 0 Å². The van der Waals surface area contributed by atoms with E-state index < -0.39 is 0 Å². The number of para-hydroxylation sites is 1. The van der Waals surface area contributed by atoms with Crippen molar-refractivity contribution in [2.75, 3.05) is 39.4 Å². The van der Waals surface area contributed by atoms with Gasteiger partial charge in [-0.3, -0.25) is 4.90 Å². The molecule has 4 rings (SSSR count). The molecule has 2 aromatic carbocycles. The minimum Gasteiger partial charge on any atom is -0.379 e. The first kappa shape index (κ1) is 25.0. The van der Waals surface area contributed by atoms with Crippen LogP contribution in [0, 0.1) is 0 Å².